The van der Waals surface area contributed by atoms with Crippen molar-refractivity contribution in [2.24, 2.45) is 5.84 Å². The second-order valence-electron chi connectivity index (χ2n) is 2.41. The molecule has 0 unspecified atom stereocenters. The van der Waals surface area contributed by atoms with Crippen molar-refractivity contribution >= 4 is 0 Å². The summed E-state index contributed by atoms with van der Waals surface area (Å²) < 4.78 is 0. The van der Waals surface area contributed by atoms with Gasteiger partial charge in [0.2, 0.25) is 0 Å². The number of hydrogen-bond acceptors (Lipinski definition) is 2. The molecule has 0 heterocycles. The Hall–Kier alpha value is -0.0800. The van der Waals surface area contributed by atoms with Crippen molar-refractivity contribution in [3.05, 3.63) is 0 Å². The second kappa shape index (κ2) is 6.05. The van der Waals surface area contributed by atoms with Crippen molar-refractivity contribution in [1.82, 2.24) is 5.43 Å². The lowest BCUT2D eigenvalue weighted by Crippen LogP contribution is -2.34. The van der Waals surface area contributed by atoms with Gasteiger partial charge in [0.25, 0.3) is 0 Å². The van der Waals surface area contributed by atoms with Gasteiger partial charge in [-0.1, -0.05) is 26.7 Å². The second-order valence-corrected chi connectivity index (χ2v) is 2.41. The van der Waals surface area contributed by atoms with Crippen LogP contribution in [0.15, 0.2) is 0 Å². The molecule has 0 radical (unpaired) electrons. The third-order valence-electron chi connectivity index (χ3n) is 1.63. The van der Waals surface area contributed by atoms with Crippen molar-refractivity contribution in [2.75, 3.05) is 0 Å². The summed E-state index contributed by atoms with van der Waals surface area (Å²) in [5, 5.41) is 0. The molecular formula is C7H18N2. The topological polar surface area (TPSA) is 38.0 Å². The molecule has 0 aromatic heterocycles. The first-order chi connectivity index (χ1) is 4.35. The van der Waals surface area contributed by atoms with E-state index >= 15 is 0 Å². The van der Waals surface area contributed by atoms with E-state index < -0.39 is 0 Å². The summed E-state index contributed by atoms with van der Waals surface area (Å²) in [5.74, 6) is 5.27. The molecule has 0 aromatic rings. The Morgan fingerprint density at radius 2 is 2.11 bits per heavy atom. The molecule has 0 aliphatic carbocycles. The molecule has 0 bridgehead atoms. The van der Waals surface area contributed by atoms with Gasteiger partial charge in [-0.2, -0.15) is 0 Å². The van der Waals surface area contributed by atoms with Crippen LogP contribution in [0.5, 0.6) is 0 Å². The van der Waals surface area contributed by atoms with Crippen molar-refractivity contribution < 1.29 is 0 Å². The van der Waals surface area contributed by atoms with Crippen LogP contribution in [0, 0.1) is 0 Å². The van der Waals surface area contributed by atoms with Crippen molar-refractivity contribution in [1.29, 1.82) is 0 Å². The van der Waals surface area contributed by atoms with E-state index in [2.05, 4.69) is 19.3 Å². The van der Waals surface area contributed by atoms with E-state index in [4.69, 9.17) is 5.84 Å². The summed E-state index contributed by atoms with van der Waals surface area (Å²) in [5.41, 5.74) is 2.79. The predicted octanol–water partition coefficient (Wildman–Crippen LogP) is 1.42. The molecule has 0 amide bonds. The van der Waals surface area contributed by atoms with Crippen LogP contribution in [0.3, 0.4) is 0 Å². The summed E-state index contributed by atoms with van der Waals surface area (Å²) in [4.78, 5) is 0. The van der Waals surface area contributed by atoms with Crippen LogP contribution in [0.2, 0.25) is 0 Å². The minimum absolute atomic E-state index is 0.532. The molecule has 0 rings (SSSR count). The maximum Gasteiger partial charge on any atom is 0.0207 e. The van der Waals surface area contributed by atoms with Crippen molar-refractivity contribution in [2.45, 2.75) is 45.6 Å². The van der Waals surface area contributed by atoms with E-state index in [1.165, 1.54) is 19.3 Å². The number of unbranched alkanes of at least 4 members (excludes halogenated alkanes) is 1. The standard InChI is InChI=1S/C7H18N2/c1-3-5-6-7(4-2)9-8/h7,9H,3-6,8H2,1-2H3/t7-/m1/s1. The van der Waals surface area contributed by atoms with E-state index in [-0.39, 0.29) is 0 Å². The summed E-state index contributed by atoms with van der Waals surface area (Å²) in [7, 11) is 0. The van der Waals surface area contributed by atoms with Gasteiger partial charge < -0.3 is 0 Å². The Morgan fingerprint density at radius 3 is 2.44 bits per heavy atom. The lowest BCUT2D eigenvalue weighted by Gasteiger charge is -2.11. The van der Waals surface area contributed by atoms with Crippen LogP contribution in [0.4, 0.5) is 0 Å². The Labute approximate surface area is 57.8 Å². The van der Waals surface area contributed by atoms with Gasteiger partial charge in [-0.3, -0.25) is 11.3 Å². The van der Waals surface area contributed by atoms with E-state index in [1.807, 2.05) is 0 Å². The molecule has 2 nitrogen and oxygen atoms in total. The van der Waals surface area contributed by atoms with Crippen molar-refractivity contribution in [3.63, 3.8) is 0 Å². The minimum Gasteiger partial charge on any atom is -0.271 e. The van der Waals surface area contributed by atoms with Gasteiger partial charge in [-0.15, -0.1) is 0 Å². The fourth-order valence-corrected chi connectivity index (χ4v) is 0.856. The fraction of sp³-hybridized carbons (Fsp3) is 1.00. The van der Waals surface area contributed by atoms with Gasteiger partial charge >= 0.3 is 0 Å². The monoisotopic (exact) mass is 130 g/mol. The molecule has 56 valence electrons. The van der Waals surface area contributed by atoms with Crippen LogP contribution in [0.1, 0.15) is 39.5 Å². The predicted molar refractivity (Wildman–Crippen MR) is 40.9 cm³/mol. The molecule has 0 spiro atoms. The average molecular weight is 130 g/mol. The molecule has 2 heteroatoms. The molecule has 0 saturated heterocycles. The first-order valence-corrected chi connectivity index (χ1v) is 3.81. The summed E-state index contributed by atoms with van der Waals surface area (Å²) >= 11 is 0. The number of rotatable bonds is 5. The largest absolute Gasteiger partial charge is 0.271 e. The Kier molecular flexibility index (Phi) is 5.99. The Bertz CT molecular complexity index is 50.9. The molecule has 0 aliphatic rings. The van der Waals surface area contributed by atoms with E-state index in [0.29, 0.717) is 6.04 Å². The molecule has 1 atom stereocenters. The zero-order chi connectivity index (χ0) is 7.11. The van der Waals surface area contributed by atoms with Crippen LogP contribution in [-0.2, 0) is 0 Å². The normalized spacial score (nSPS) is 13.7. The molecule has 0 aliphatic heterocycles. The average Bonchev–Trinajstić information content (AvgIpc) is 1.91. The summed E-state index contributed by atoms with van der Waals surface area (Å²) in [6.45, 7) is 4.35. The smallest absolute Gasteiger partial charge is 0.0207 e. The molecular weight excluding hydrogens is 112 g/mol. The number of hydrazine groups is 1. The molecule has 3 N–H and O–H groups in total. The highest BCUT2D eigenvalue weighted by Gasteiger charge is 1.99. The maximum atomic E-state index is 5.27. The minimum atomic E-state index is 0.532. The fourth-order valence-electron chi connectivity index (χ4n) is 0.856. The lowest BCUT2D eigenvalue weighted by atomic mass is 10.1. The zero-order valence-corrected chi connectivity index (χ0v) is 6.48. The van der Waals surface area contributed by atoms with Crippen LogP contribution in [0.25, 0.3) is 0 Å². The zero-order valence-electron chi connectivity index (χ0n) is 6.48. The van der Waals surface area contributed by atoms with Crippen LogP contribution < -0.4 is 11.3 Å². The SMILES string of the molecule is CCCC[C@@H](CC)NN. The first kappa shape index (κ1) is 8.92. The van der Waals surface area contributed by atoms with Crippen molar-refractivity contribution in [3.8, 4) is 0 Å². The highest BCUT2D eigenvalue weighted by molar-refractivity contribution is 4.59. The Balaban J connectivity index is 3.09. The van der Waals surface area contributed by atoms with Gasteiger partial charge in [0.15, 0.2) is 0 Å². The molecule has 0 fully saturated rings. The summed E-state index contributed by atoms with van der Waals surface area (Å²) in [6.07, 6.45) is 4.89. The van der Waals surface area contributed by atoms with Crippen LogP contribution in [-0.4, -0.2) is 6.04 Å². The number of nitrogens with one attached hydrogen (secondary N) is 1. The maximum absolute atomic E-state index is 5.27. The van der Waals surface area contributed by atoms with Gasteiger partial charge in [0.1, 0.15) is 0 Å². The van der Waals surface area contributed by atoms with Gasteiger partial charge in [-0.05, 0) is 12.8 Å². The van der Waals surface area contributed by atoms with E-state index in [1.54, 1.807) is 0 Å². The summed E-state index contributed by atoms with van der Waals surface area (Å²) in [6, 6.07) is 0.532. The number of nitrogens with two attached hydrogens (primary N) is 1. The lowest BCUT2D eigenvalue weighted by molar-refractivity contribution is 0.464. The Morgan fingerprint density at radius 1 is 1.44 bits per heavy atom. The highest BCUT2D eigenvalue weighted by atomic mass is 15.2. The van der Waals surface area contributed by atoms with Gasteiger partial charge in [0.05, 0.1) is 0 Å². The quantitative estimate of drug-likeness (QED) is 0.436. The molecule has 0 aromatic carbocycles. The molecule has 0 saturated carbocycles. The third kappa shape index (κ3) is 4.43. The van der Waals surface area contributed by atoms with Crippen LogP contribution >= 0.6 is 0 Å². The van der Waals surface area contributed by atoms with Gasteiger partial charge in [-0.25, -0.2) is 0 Å². The van der Waals surface area contributed by atoms with E-state index in [0.717, 1.165) is 6.42 Å². The highest BCUT2D eigenvalue weighted by Crippen LogP contribution is 2.01. The molecule has 9 heavy (non-hydrogen) atoms. The third-order valence-corrected chi connectivity index (χ3v) is 1.63. The first-order valence-electron chi connectivity index (χ1n) is 3.81. The van der Waals surface area contributed by atoms with Gasteiger partial charge in [0, 0.05) is 6.04 Å². The van der Waals surface area contributed by atoms with E-state index in [9.17, 15) is 0 Å². The number of hydrogen-bond donors (Lipinski definition) is 2.